The molecule has 3 N–H and O–H groups in total. The number of hydrogen-bond acceptors (Lipinski definition) is 5. The van der Waals surface area contributed by atoms with Gasteiger partial charge in [-0.1, -0.05) is 12.1 Å². The number of para-hydroxylation sites is 1. The van der Waals surface area contributed by atoms with Crippen LogP contribution in [0.1, 0.15) is 41.6 Å². The Morgan fingerprint density at radius 3 is 2.37 bits per heavy atom. The molecule has 0 atom stereocenters. The zero-order chi connectivity index (χ0) is 27.7. The second-order valence-corrected chi connectivity index (χ2v) is 8.73. The largest absolute Gasteiger partial charge is 0.471 e. The summed E-state index contributed by atoms with van der Waals surface area (Å²) in [6.07, 6.45) is -12.1. The number of rotatable bonds is 7. The summed E-state index contributed by atoms with van der Waals surface area (Å²) in [5.41, 5.74) is -1.63. The first-order valence-electron chi connectivity index (χ1n) is 11.4. The van der Waals surface area contributed by atoms with Crippen molar-refractivity contribution in [3.05, 3.63) is 41.5 Å². The van der Waals surface area contributed by atoms with Crippen molar-refractivity contribution in [2.75, 3.05) is 11.9 Å². The molecule has 0 radical (unpaired) electrons. The average Bonchev–Trinajstić information content (AvgIpc) is 3.22. The number of amides is 1. The van der Waals surface area contributed by atoms with Crippen LogP contribution in [0, 0.1) is 5.92 Å². The fourth-order valence-corrected chi connectivity index (χ4v) is 4.19. The van der Waals surface area contributed by atoms with Crippen molar-refractivity contribution < 1.29 is 44.7 Å². The minimum atomic E-state index is -4.66. The van der Waals surface area contributed by atoms with Crippen molar-refractivity contribution in [1.82, 2.24) is 20.3 Å². The van der Waals surface area contributed by atoms with E-state index in [2.05, 4.69) is 25.6 Å². The number of H-pyrrole nitrogens is 1. The van der Waals surface area contributed by atoms with Crippen LogP contribution in [0.15, 0.2) is 30.3 Å². The van der Waals surface area contributed by atoms with Crippen molar-refractivity contribution >= 4 is 28.7 Å². The van der Waals surface area contributed by atoms with E-state index < -0.39 is 54.7 Å². The number of anilines is 2. The van der Waals surface area contributed by atoms with Crippen molar-refractivity contribution in [2.24, 2.45) is 5.92 Å². The van der Waals surface area contributed by atoms with Gasteiger partial charge in [0.15, 0.2) is 12.3 Å². The highest BCUT2D eigenvalue weighted by Gasteiger charge is 2.41. The Hall–Kier alpha value is -3.65. The van der Waals surface area contributed by atoms with Crippen LogP contribution in [0.25, 0.3) is 11.2 Å². The number of aromatic amines is 1. The third kappa shape index (κ3) is 6.42. The van der Waals surface area contributed by atoms with Crippen LogP contribution in [-0.4, -0.2) is 46.1 Å². The SMILES string of the molecule is O=C(NC1CCC(C(F)(F)F)CC1)c1cc2[nH]c(Nc3ccccc3C(F)(F)F)nc2nc1OCC(F)F. The zero-order valence-corrected chi connectivity index (χ0v) is 19.4. The van der Waals surface area contributed by atoms with Gasteiger partial charge in [-0.05, 0) is 43.9 Å². The van der Waals surface area contributed by atoms with Crippen LogP contribution in [-0.2, 0) is 6.18 Å². The van der Waals surface area contributed by atoms with Crippen molar-refractivity contribution in [2.45, 2.75) is 50.5 Å². The predicted molar refractivity (Wildman–Crippen MR) is 119 cm³/mol. The van der Waals surface area contributed by atoms with Crippen LogP contribution >= 0.6 is 0 Å². The maximum atomic E-state index is 13.3. The topological polar surface area (TPSA) is 91.9 Å². The van der Waals surface area contributed by atoms with E-state index in [1.807, 2.05) is 0 Å². The van der Waals surface area contributed by atoms with Crippen LogP contribution in [0.4, 0.5) is 46.8 Å². The number of ether oxygens (including phenoxy) is 1. The van der Waals surface area contributed by atoms with E-state index >= 15 is 0 Å². The van der Waals surface area contributed by atoms with Gasteiger partial charge in [0.25, 0.3) is 12.3 Å². The van der Waals surface area contributed by atoms with Crippen LogP contribution in [0.5, 0.6) is 5.88 Å². The standard InChI is InChI=1S/C23H21F8N5O2/c24-17(25)10-38-20-13(19(37)32-12-7-5-11(6-8-12)22(26,27)28)9-16-18(35-20)36-21(34-16)33-15-4-2-1-3-14(15)23(29,30)31/h1-4,9,11-12,17H,5-8,10H2,(H,32,37)(H2,33,34,35,36). The molecule has 1 fully saturated rings. The number of alkyl halides is 8. The number of pyridine rings is 1. The molecule has 2 aromatic heterocycles. The van der Waals surface area contributed by atoms with Crippen molar-refractivity contribution in [1.29, 1.82) is 0 Å². The molecule has 0 spiro atoms. The lowest BCUT2D eigenvalue weighted by Crippen LogP contribution is -2.40. The van der Waals surface area contributed by atoms with E-state index in [1.165, 1.54) is 24.3 Å². The van der Waals surface area contributed by atoms with Gasteiger partial charge in [-0.3, -0.25) is 4.79 Å². The first kappa shape index (κ1) is 27.4. The summed E-state index contributed by atoms with van der Waals surface area (Å²) < 4.78 is 109. The molecule has 1 aromatic carbocycles. The Bertz CT molecular complexity index is 1280. The molecule has 3 aromatic rings. The molecule has 1 saturated carbocycles. The molecule has 4 rings (SSSR count). The Morgan fingerprint density at radius 2 is 1.74 bits per heavy atom. The number of benzene rings is 1. The molecule has 0 unspecified atom stereocenters. The third-order valence-corrected chi connectivity index (χ3v) is 6.04. The number of nitrogens with one attached hydrogen (secondary N) is 3. The number of hydrogen-bond donors (Lipinski definition) is 3. The number of imidazole rings is 1. The maximum Gasteiger partial charge on any atom is 0.418 e. The molecule has 1 amide bonds. The molecule has 1 aliphatic carbocycles. The van der Waals surface area contributed by atoms with E-state index in [9.17, 15) is 39.9 Å². The summed E-state index contributed by atoms with van der Waals surface area (Å²) in [7, 11) is 0. The van der Waals surface area contributed by atoms with E-state index in [-0.39, 0.29) is 54.0 Å². The third-order valence-electron chi connectivity index (χ3n) is 6.04. The van der Waals surface area contributed by atoms with Crippen LogP contribution in [0.2, 0.25) is 0 Å². The maximum absolute atomic E-state index is 13.3. The second kappa shape index (κ2) is 10.6. The lowest BCUT2D eigenvalue weighted by Gasteiger charge is -2.30. The van der Waals surface area contributed by atoms with Gasteiger partial charge < -0.3 is 20.4 Å². The molecular weight excluding hydrogens is 530 g/mol. The van der Waals surface area contributed by atoms with E-state index in [1.54, 1.807) is 0 Å². The first-order chi connectivity index (χ1) is 17.8. The van der Waals surface area contributed by atoms with Gasteiger partial charge >= 0.3 is 12.4 Å². The molecular formula is C23H21F8N5O2. The summed E-state index contributed by atoms with van der Waals surface area (Å²) in [5.74, 6) is -2.96. The molecule has 0 saturated heterocycles. The number of halogens is 8. The number of nitrogens with zero attached hydrogens (tertiary/aromatic N) is 2. The van der Waals surface area contributed by atoms with Crippen molar-refractivity contribution in [3.63, 3.8) is 0 Å². The number of carbonyl (C=O) groups excluding carboxylic acids is 1. The smallest absolute Gasteiger partial charge is 0.418 e. The van der Waals surface area contributed by atoms with Crippen LogP contribution < -0.4 is 15.4 Å². The van der Waals surface area contributed by atoms with Gasteiger partial charge in [-0.25, -0.2) is 8.78 Å². The summed E-state index contributed by atoms with van der Waals surface area (Å²) in [5, 5.41) is 5.07. The van der Waals surface area contributed by atoms with Gasteiger partial charge in [0.2, 0.25) is 11.8 Å². The van der Waals surface area contributed by atoms with Gasteiger partial charge in [0.1, 0.15) is 5.56 Å². The average molecular weight is 551 g/mol. The Kier molecular flexibility index (Phi) is 7.65. The van der Waals surface area contributed by atoms with Crippen molar-refractivity contribution in [3.8, 4) is 5.88 Å². The number of aromatic nitrogens is 3. The van der Waals surface area contributed by atoms with Gasteiger partial charge in [-0.2, -0.15) is 36.3 Å². The minimum Gasteiger partial charge on any atom is -0.471 e. The first-order valence-corrected chi connectivity index (χ1v) is 11.4. The Balaban J connectivity index is 1.58. The van der Waals surface area contributed by atoms with Crippen LogP contribution in [0.3, 0.4) is 0 Å². The second-order valence-electron chi connectivity index (χ2n) is 8.73. The molecule has 206 valence electrons. The lowest BCUT2D eigenvalue weighted by molar-refractivity contribution is -0.182. The fourth-order valence-electron chi connectivity index (χ4n) is 4.19. The Labute approximate surface area is 210 Å². The summed E-state index contributed by atoms with van der Waals surface area (Å²) in [6.45, 7) is -1.11. The molecule has 38 heavy (non-hydrogen) atoms. The minimum absolute atomic E-state index is 0.0650. The van der Waals surface area contributed by atoms with Gasteiger partial charge in [0.05, 0.1) is 22.7 Å². The highest BCUT2D eigenvalue weighted by Crippen LogP contribution is 2.38. The summed E-state index contributed by atoms with van der Waals surface area (Å²) in [6, 6.07) is 5.21. The molecule has 0 bridgehead atoms. The summed E-state index contributed by atoms with van der Waals surface area (Å²) in [4.78, 5) is 23.6. The highest BCUT2D eigenvalue weighted by molar-refractivity contribution is 5.99. The molecule has 15 heteroatoms. The molecule has 0 aliphatic heterocycles. The van der Waals surface area contributed by atoms with Gasteiger partial charge in [0, 0.05) is 6.04 Å². The predicted octanol–water partition coefficient (Wildman–Crippen LogP) is 6.22. The van der Waals surface area contributed by atoms with E-state index in [0.29, 0.717) is 0 Å². The quantitative estimate of drug-likeness (QED) is 0.304. The number of carbonyl (C=O) groups is 1. The van der Waals surface area contributed by atoms with E-state index in [4.69, 9.17) is 4.74 Å². The monoisotopic (exact) mass is 551 g/mol. The fraction of sp³-hybridized carbons (Fsp3) is 0.435. The lowest BCUT2D eigenvalue weighted by atomic mass is 9.85. The highest BCUT2D eigenvalue weighted by atomic mass is 19.4. The summed E-state index contributed by atoms with van der Waals surface area (Å²) >= 11 is 0. The number of fused-ring (bicyclic) bond motifs is 1. The van der Waals surface area contributed by atoms with Gasteiger partial charge in [-0.15, -0.1) is 0 Å². The zero-order valence-electron chi connectivity index (χ0n) is 19.4. The van der Waals surface area contributed by atoms with E-state index in [0.717, 1.165) is 6.07 Å². The molecule has 2 heterocycles. The normalized spacial score (nSPS) is 18.6. The molecule has 1 aliphatic rings. The Morgan fingerprint density at radius 1 is 1.05 bits per heavy atom. The molecule has 7 nitrogen and oxygen atoms in total.